The molecule has 2 atom stereocenters. The summed E-state index contributed by atoms with van der Waals surface area (Å²) in [5.41, 5.74) is 5.31. The van der Waals surface area contributed by atoms with Gasteiger partial charge in [-0.1, -0.05) is 0 Å². The summed E-state index contributed by atoms with van der Waals surface area (Å²) in [5.74, 6) is -3.73. The van der Waals surface area contributed by atoms with Crippen LogP contribution in [0.15, 0.2) is 24.5 Å². The van der Waals surface area contributed by atoms with Crippen LogP contribution in [0.3, 0.4) is 0 Å². The van der Waals surface area contributed by atoms with Crippen molar-refractivity contribution in [3.63, 3.8) is 0 Å². The lowest BCUT2D eigenvalue weighted by molar-refractivity contribution is -0.759. The zero-order chi connectivity index (χ0) is 13.3. The number of nitrogens with zero attached hydrogens (tertiary/aromatic N) is 1. The minimum absolute atomic E-state index is 0.205. The van der Waals surface area contributed by atoms with E-state index in [1.807, 2.05) is 0 Å². The van der Waals surface area contributed by atoms with Crippen LogP contribution in [0.5, 0.6) is 0 Å². The zero-order valence-electron chi connectivity index (χ0n) is 9.42. The number of hydrogen-bond donors (Lipinski definition) is 2. The van der Waals surface area contributed by atoms with E-state index in [9.17, 15) is 13.6 Å². The number of halogens is 2. The summed E-state index contributed by atoms with van der Waals surface area (Å²) in [6.07, 6.45) is -0.135. The fraction of sp³-hybridized carbons (Fsp3) is 0.455. The van der Waals surface area contributed by atoms with Gasteiger partial charge in [0.2, 0.25) is 0 Å². The van der Waals surface area contributed by atoms with Gasteiger partial charge in [0.15, 0.2) is 18.5 Å². The van der Waals surface area contributed by atoms with Gasteiger partial charge in [0.05, 0.1) is 6.61 Å². The monoisotopic (exact) mass is 259 g/mol. The van der Waals surface area contributed by atoms with E-state index in [1.54, 1.807) is 0 Å². The molecule has 0 aliphatic carbocycles. The van der Waals surface area contributed by atoms with Gasteiger partial charge < -0.3 is 15.6 Å². The number of hydrogen-bond acceptors (Lipinski definition) is 3. The molecule has 0 bridgehead atoms. The van der Waals surface area contributed by atoms with E-state index in [0.717, 1.165) is 0 Å². The number of aromatic nitrogens is 1. The van der Waals surface area contributed by atoms with Crippen LogP contribution in [-0.4, -0.2) is 29.6 Å². The summed E-state index contributed by atoms with van der Waals surface area (Å²) in [7, 11) is 0. The highest BCUT2D eigenvalue weighted by Gasteiger charge is 2.53. The first kappa shape index (κ1) is 12.8. The molecule has 2 rings (SSSR count). The highest BCUT2D eigenvalue weighted by molar-refractivity contribution is 5.92. The van der Waals surface area contributed by atoms with Crippen molar-refractivity contribution >= 4 is 5.91 Å². The minimum Gasteiger partial charge on any atom is -0.393 e. The maximum atomic E-state index is 13.4. The molecule has 1 aliphatic heterocycles. The number of aliphatic hydroxyl groups excluding tert-OH is 1. The summed E-state index contributed by atoms with van der Waals surface area (Å²) in [5, 5.41) is 8.82. The molecule has 0 spiro atoms. The third-order valence-electron chi connectivity index (χ3n) is 2.84. The van der Waals surface area contributed by atoms with E-state index in [-0.39, 0.29) is 5.56 Å². The van der Waals surface area contributed by atoms with Crippen molar-refractivity contribution in [3.05, 3.63) is 30.1 Å². The molecule has 1 aromatic rings. The average Bonchev–Trinajstić information content (AvgIpc) is 2.64. The topological polar surface area (TPSA) is 76.4 Å². The molecule has 2 heterocycles. The van der Waals surface area contributed by atoms with Crippen molar-refractivity contribution in [1.82, 2.24) is 0 Å². The number of aliphatic hydroxyl groups is 1. The Balaban J connectivity index is 2.23. The first-order valence-electron chi connectivity index (χ1n) is 5.39. The summed E-state index contributed by atoms with van der Waals surface area (Å²) >= 11 is 0. The number of primary amides is 1. The van der Waals surface area contributed by atoms with E-state index >= 15 is 0 Å². The van der Waals surface area contributed by atoms with Crippen molar-refractivity contribution < 1.29 is 28.0 Å². The van der Waals surface area contributed by atoms with Crippen LogP contribution in [0.2, 0.25) is 0 Å². The number of nitrogens with two attached hydrogens (primary N) is 1. The van der Waals surface area contributed by atoms with Crippen molar-refractivity contribution in [2.45, 2.75) is 24.7 Å². The molecule has 5 nitrogen and oxygen atoms in total. The quantitative estimate of drug-likeness (QED) is 0.749. The highest BCUT2D eigenvalue weighted by atomic mass is 19.3. The lowest BCUT2D eigenvalue weighted by Gasteiger charge is -2.12. The second-order valence-corrected chi connectivity index (χ2v) is 4.13. The van der Waals surface area contributed by atoms with Gasteiger partial charge in [0, 0.05) is 6.07 Å². The molecule has 0 aromatic carbocycles. The van der Waals surface area contributed by atoms with Gasteiger partial charge in [0.1, 0.15) is 12.0 Å². The molecule has 1 fully saturated rings. The molecule has 0 radical (unpaired) electrons. The van der Waals surface area contributed by atoms with Crippen LogP contribution in [0.1, 0.15) is 23.0 Å². The number of carbonyl (C=O) groups is 1. The fourth-order valence-electron chi connectivity index (χ4n) is 1.87. The molecule has 1 aromatic heterocycles. The Morgan fingerprint density at radius 3 is 2.94 bits per heavy atom. The molecule has 7 heteroatoms. The van der Waals surface area contributed by atoms with Crippen molar-refractivity contribution in [3.8, 4) is 0 Å². The Morgan fingerprint density at radius 2 is 2.39 bits per heavy atom. The lowest BCUT2D eigenvalue weighted by Crippen LogP contribution is -2.40. The van der Waals surface area contributed by atoms with Gasteiger partial charge in [0.25, 0.3) is 18.1 Å². The van der Waals surface area contributed by atoms with Gasteiger partial charge in [-0.3, -0.25) is 4.79 Å². The standard InChI is InChI=1S/C11H12F2N2O3/c12-11(13)4-9(18-8(11)6-16)15-3-1-2-7(5-15)10(14)17/h1-3,5,8-9,16H,4,6H2,(H-,14,17)/p+1/t8-,9-/m1/s1. The first-order chi connectivity index (χ1) is 8.44. The molecular formula is C11H13F2N2O3+. The number of amides is 1. The van der Waals surface area contributed by atoms with E-state index < -0.39 is 37.2 Å². The SMILES string of the molecule is NC(=O)c1ccc[n+]([C@H]2CC(F)(F)[C@@H](CO)O2)c1. The second kappa shape index (κ2) is 4.58. The van der Waals surface area contributed by atoms with Crippen LogP contribution in [0.4, 0.5) is 8.78 Å². The van der Waals surface area contributed by atoms with Gasteiger partial charge in [-0.05, 0) is 6.07 Å². The fourth-order valence-corrected chi connectivity index (χ4v) is 1.87. The molecule has 1 aliphatic rings. The van der Waals surface area contributed by atoms with Gasteiger partial charge in [-0.2, -0.15) is 4.57 Å². The predicted molar refractivity (Wildman–Crippen MR) is 55.7 cm³/mol. The van der Waals surface area contributed by atoms with E-state index in [4.69, 9.17) is 15.6 Å². The maximum Gasteiger partial charge on any atom is 0.285 e. The molecule has 1 amide bonds. The molecule has 0 unspecified atom stereocenters. The Morgan fingerprint density at radius 1 is 1.67 bits per heavy atom. The maximum absolute atomic E-state index is 13.4. The molecule has 1 saturated heterocycles. The van der Waals surface area contributed by atoms with Crippen molar-refractivity contribution in [2.24, 2.45) is 5.73 Å². The van der Waals surface area contributed by atoms with E-state index in [1.165, 1.54) is 29.1 Å². The number of ether oxygens (including phenoxy) is 1. The minimum atomic E-state index is -3.09. The predicted octanol–water partition coefficient (Wildman–Crippen LogP) is -0.0119. The Hall–Kier alpha value is -1.60. The Kier molecular flexibility index (Phi) is 3.27. The van der Waals surface area contributed by atoms with Crippen LogP contribution in [0, 0.1) is 0 Å². The smallest absolute Gasteiger partial charge is 0.285 e. The van der Waals surface area contributed by atoms with Crippen LogP contribution < -0.4 is 10.3 Å². The van der Waals surface area contributed by atoms with E-state index in [0.29, 0.717) is 0 Å². The Bertz CT molecular complexity index is 467. The van der Waals surface area contributed by atoms with Crippen molar-refractivity contribution in [2.75, 3.05) is 6.61 Å². The normalized spacial score (nSPS) is 26.2. The van der Waals surface area contributed by atoms with Crippen LogP contribution in [0.25, 0.3) is 0 Å². The van der Waals surface area contributed by atoms with Gasteiger partial charge in [-0.15, -0.1) is 0 Å². The highest BCUT2D eigenvalue weighted by Crippen LogP contribution is 2.38. The second-order valence-electron chi connectivity index (χ2n) is 4.13. The van der Waals surface area contributed by atoms with Crippen LogP contribution >= 0.6 is 0 Å². The number of pyridine rings is 1. The third-order valence-corrected chi connectivity index (χ3v) is 2.84. The number of rotatable bonds is 3. The summed E-state index contributed by atoms with van der Waals surface area (Å²) in [6, 6.07) is 3.00. The molecule has 0 saturated carbocycles. The van der Waals surface area contributed by atoms with E-state index in [2.05, 4.69) is 0 Å². The van der Waals surface area contributed by atoms with Gasteiger partial charge >= 0.3 is 0 Å². The lowest BCUT2D eigenvalue weighted by atomic mass is 10.1. The summed E-state index contributed by atoms with van der Waals surface area (Å²) < 4.78 is 33.2. The number of alkyl halides is 2. The zero-order valence-corrected chi connectivity index (χ0v) is 9.42. The number of carbonyl (C=O) groups excluding carboxylic acids is 1. The summed E-state index contributed by atoms with van der Waals surface area (Å²) in [6.45, 7) is -0.750. The third kappa shape index (κ3) is 2.32. The molecule has 18 heavy (non-hydrogen) atoms. The van der Waals surface area contributed by atoms with Crippen molar-refractivity contribution in [1.29, 1.82) is 0 Å². The largest absolute Gasteiger partial charge is 0.393 e. The molecule has 98 valence electrons. The summed E-state index contributed by atoms with van der Waals surface area (Å²) in [4.78, 5) is 11.0. The molecular weight excluding hydrogens is 246 g/mol. The first-order valence-corrected chi connectivity index (χ1v) is 5.39. The average molecular weight is 259 g/mol. The van der Waals surface area contributed by atoms with Crippen LogP contribution in [-0.2, 0) is 4.74 Å². The van der Waals surface area contributed by atoms with Gasteiger partial charge in [-0.25, -0.2) is 8.78 Å². The Labute approximate surface area is 102 Å². The molecule has 3 N–H and O–H groups in total.